The molecule has 1 heterocycles. The van der Waals surface area contributed by atoms with Crippen LogP contribution in [-0.4, -0.2) is 36.6 Å². The highest BCUT2D eigenvalue weighted by atomic mass is 15.1. The van der Waals surface area contributed by atoms with Crippen LogP contribution in [0.25, 0.3) is 0 Å². The van der Waals surface area contributed by atoms with Gasteiger partial charge in [-0.1, -0.05) is 19.9 Å². The van der Waals surface area contributed by atoms with E-state index in [-0.39, 0.29) is 0 Å². The molecule has 1 N–H and O–H groups in total. The van der Waals surface area contributed by atoms with Gasteiger partial charge in [0.2, 0.25) is 0 Å². The molecule has 0 saturated carbocycles. The van der Waals surface area contributed by atoms with Crippen LogP contribution in [-0.2, 0) is 0 Å². The minimum Gasteiger partial charge on any atom is -0.313 e. The number of pyridine rings is 1. The molecule has 0 bridgehead atoms. The van der Waals surface area contributed by atoms with Gasteiger partial charge in [-0.05, 0) is 51.7 Å². The van der Waals surface area contributed by atoms with Crippen molar-refractivity contribution in [1.82, 2.24) is 15.2 Å². The molecule has 0 fully saturated rings. The van der Waals surface area contributed by atoms with Crippen molar-refractivity contribution in [1.29, 1.82) is 0 Å². The Hall–Kier alpha value is -0.930. The van der Waals surface area contributed by atoms with Crippen LogP contribution >= 0.6 is 0 Å². The van der Waals surface area contributed by atoms with Gasteiger partial charge in [-0.15, -0.1) is 0 Å². The number of hydrogen-bond acceptors (Lipinski definition) is 3. The number of aromatic nitrogens is 1. The molecule has 0 radical (unpaired) electrons. The molecular formula is C14H25N3. The number of nitrogens with zero attached hydrogens (tertiary/aromatic N) is 2. The molecule has 0 aliphatic carbocycles. The Labute approximate surface area is 105 Å². The molecule has 1 aromatic heterocycles. The molecular weight excluding hydrogens is 210 g/mol. The van der Waals surface area contributed by atoms with Gasteiger partial charge < -0.3 is 10.2 Å². The van der Waals surface area contributed by atoms with E-state index in [9.17, 15) is 0 Å². The molecule has 0 aliphatic rings. The van der Waals surface area contributed by atoms with E-state index in [1.54, 1.807) is 0 Å². The molecule has 3 nitrogen and oxygen atoms in total. The van der Waals surface area contributed by atoms with E-state index < -0.39 is 0 Å². The van der Waals surface area contributed by atoms with E-state index in [0.717, 1.165) is 31.7 Å². The van der Waals surface area contributed by atoms with E-state index >= 15 is 0 Å². The first-order chi connectivity index (χ1) is 8.21. The molecule has 96 valence electrons. The first kappa shape index (κ1) is 14.1. The quantitative estimate of drug-likeness (QED) is 0.786. The standard InChI is InChI=1S/C14H25N3/c1-5-17(6-2)10-9-14(15-4)13-8-7-12(3)16-11-13/h7-8,11,14-15H,5-6,9-10H2,1-4H3. The number of nitrogens with one attached hydrogen (secondary N) is 1. The van der Waals surface area contributed by atoms with Gasteiger partial charge in [-0.2, -0.15) is 0 Å². The third-order valence-corrected chi connectivity index (χ3v) is 3.31. The smallest absolute Gasteiger partial charge is 0.0372 e. The molecule has 0 aromatic carbocycles. The van der Waals surface area contributed by atoms with E-state index in [1.807, 2.05) is 20.2 Å². The highest BCUT2D eigenvalue weighted by Gasteiger charge is 2.10. The summed E-state index contributed by atoms with van der Waals surface area (Å²) in [7, 11) is 2.02. The van der Waals surface area contributed by atoms with Gasteiger partial charge in [-0.25, -0.2) is 0 Å². The fourth-order valence-electron chi connectivity index (χ4n) is 2.01. The summed E-state index contributed by atoms with van der Waals surface area (Å²) in [4.78, 5) is 6.81. The van der Waals surface area contributed by atoms with Crippen molar-refractivity contribution in [3.8, 4) is 0 Å². The van der Waals surface area contributed by atoms with Crippen LogP contribution < -0.4 is 5.32 Å². The van der Waals surface area contributed by atoms with Crippen molar-refractivity contribution in [2.45, 2.75) is 33.2 Å². The number of hydrogen-bond donors (Lipinski definition) is 1. The van der Waals surface area contributed by atoms with Gasteiger partial charge in [0.15, 0.2) is 0 Å². The molecule has 0 saturated heterocycles. The van der Waals surface area contributed by atoms with Crippen LogP contribution in [0.5, 0.6) is 0 Å². The summed E-state index contributed by atoms with van der Waals surface area (Å²) in [5.74, 6) is 0. The van der Waals surface area contributed by atoms with Crippen LogP contribution in [0, 0.1) is 6.92 Å². The Morgan fingerprint density at radius 2 is 2.00 bits per heavy atom. The second kappa shape index (κ2) is 7.41. The van der Waals surface area contributed by atoms with Crippen LogP contribution in [0.4, 0.5) is 0 Å². The SMILES string of the molecule is CCN(CC)CCC(NC)c1ccc(C)nc1. The van der Waals surface area contributed by atoms with Crippen LogP contribution in [0.2, 0.25) is 0 Å². The molecule has 1 aromatic rings. The summed E-state index contributed by atoms with van der Waals surface area (Å²) in [5, 5.41) is 3.37. The molecule has 17 heavy (non-hydrogen) atoms. The van der Waals surface area contributed by atoms with Gasteiger partial charge in [-0.3, -0.25) is 4.98 Å². The average molecular weight is 235 g/mol. The van der Waals surface area contributed by atoms with Crippen LogP contribution in [0.1, 0.15) is 37.6 Å². The van der Waals surface area contributed by atoms with Crippen molar-refractivity contribution < 1.29 is 0 Å². The topological polar surface area (TPSA) is 28.2 Å². The predicted octanol–water partition coefficient (Wildman–Crippen LogP) is 2.38. The monoisotopic (exact) mass is 235 g/mol. The number of aryl methyl sites for hydroxylation is 1. The Kier molecular flexibility index (Phi) is 6.16. The maximum atomic E-state index is 4.36. The largest absolute Gasteiger partial charge is 0.313 e. The third-order valence-electron chi connectivity index (χ3n) is 3.31. The molecule has 0 spiro atoms. The summed E-state index contributed by atoms with van der Waals surface area (Å²) in [6, 6.07) is 4.66. The fourth-order valence-corrected chi connectivity index (χ4v) is 2.01. The lowest BCUT2D eigenvalue weighted by molar-refractivity contribution is 0.284. The summed E-state index contributed by atoms with van der Waals surface area (Å²) in [6.45, 7) is 9.83. The second-order valence-electron chi connectivity index (χ2n) is 4.39. The highest BCUT2D eigenvalue weighted by Crippen LogP contribution is 2.16. The van der Waals surface area contributed by atoms with Crippen molar-refractivity contribution in [2.75, 3.05) is 26.7 Å². The normalized spacial score (nSPS) is 13.0. The lowest BCUT2D eigenvalue weighted by Crippen LogP contribution is -2.28. The summed E-state index contributed by atoms with van der Waals surface area (Å²) < 4.78 is 0. The zero-order valence-electron chi connectivity index (χ0n) is 11.5. The summed E-state index contributed by atoms with van der Waals surface area (Å²) >= 11 is 0. The zero-order chi connectivity index (χ0) is 12.7. The highest BCUT2D eigenvalue weighted by molar-refractivity contribution is 5.17. The maximum absolute atomic E-state index is 4.36. The Balaban J connectivity index is 2.56. The first-order valence-electron chi connectivity index (χ1n) is 6.53. The first-order valence-corrected chi connectivity index (χ1v) is 6.53. The lowest BCUT2D eigenvalue weighted by Gasteiger charge is -2.22. The lowest BCUT2D eigenvalue weighted by atomic mass is 10.1. The summed E-state index contributed by atoms with van der Waals surface area (Å²) in [5.41, 5.74) is 2.36. The summed E-state index contributed by atoms with van der Waals surface area (Å²) in [6.07, 6.45) is 3.11. The van der Waals surface area contributed by atoms with E-state index in [2.05, 4.69) is 41.2 Å². The van der Waals surface area contributed by atoms with Gasteiger partial charge in [0.05, 0.1) is 0 Å². The molecule has 0 aliphatic heterocycles. The zero-order valence-corrected chi connectivity index (χ0v) is 11.5. The minimum absolute atomic E-state index is 0.406. The van der Waals surface area contributed by atoms with Crippen molar-refractivity contribution in [3.05, 3.63) is 29.6 Å². The van der Waals surface area contributed by atoms with Gasteiger partial charge in [0.1, 0.15) is 0 Å². The Bertz CT molecular complexity index is 304. The Morgan fingerprint density at radius 3 is 2.47 bits per heavy atom. The fraction of sp³-hybridized carbons (Fsp3) is 0.643. The van der Waals surface area contributed by atoms with Crippen LogP contribution in [0.3, 0.4) is 0 Å². The molecule has 3 heteroatoms. The molecule has 1 atom stereocenters. The number of rotatable bonds is 7. The third kappa shape index (κ3) is 4.44. The van der Waals surface area contributed by atoms with Crippen molar-refractivity contribution >= 4 is 0 Å². The van der Waals surface area contributed by atoms with Gasteiger partial charge in [0.25, 0.3) is 0 Å². The van der Waals surface area contributed by atoms with Crippen molar-refractivity contribution in [3.63, 3.8) is 0 Å². The van der Waals surface area contributed by atoms with Crippen LogP contribution in [0.15, 0.2) is 18.3 Å². The second-order valence-corrected chi connectivity index (χ2v) is 4.39. The predicted molar refractivity (Wildman–Crippen MR) is 73.2 cm³/mol. The average Bonchev–Trinajstić information content (AvgIpc) is 2.36. The van der Waals surface area contributed by atoms with Gasteiger partial charge >= 0.3 is 0 Å². The van der Waals surface area contributed by atoms with E-state index in [1.165, 1.54) is 5.56 Å². The Morgan fingerprint density at radius 1 is 1.29 bits per heavy atom. The van der Waals surface area contributed by atoms with E-state index in [4.69, 9.17) is 0 Å². The minimum atomic E-state index is 0.406. The van der Waals surface area contributed by atoms with Gasteiger partial charge in [0, 0.05) is 17.9 Å². The molecule has 1 unspecified atom stereocenters. The van der Waals surface area contributed by atoms with Crippen molar-refractivity contribution in [2.24, 2.45) is 0 Å². The maximum Gasteiger partial charge on any atom is 0.0372 e. The van der Waals surface area contributed by atoms with E-state index in [0.29, 0.717) is 6.04 Å². The molecule has 0 amide bonds. The molecule has 1 rings (SSSR count).